The van der Waals surface area contributed by atoms with Crippen molar-refractivity contribution in [3.05, 3.63) is 39.5 Å². The molecule has 0 fully saturated rings. The molecule has 0 radical (unpaired) electrons. The Bertz CT molecular complexity index is 204. The lowest BCUT2D eigenvalue weighted by Gasteiger charge is -2.02. The minimum atomic E-state index is -0.671. The first-order valence-corrected chi connectivity index (χ1v) is 7.39. The first-order chi connectivity index (χ1) is 10.4. The van der Waals surface area contributed by atoms with Crippen molar-refractivity contribution in [1.82, 2.24) is 0 Å². The third kappa shape index (κ3) is 26.7. The molecule has 0 rings (SSSR count). The van der Waals surface area contributed by atoms with E-state index in [1.54, 1.807) is 0 Å². The Morgan fingerprint density at radius 1 is 0.636 bits per heavy atom. The third-order valence-electron chi connectivity index (χ3n) is 2.67. The summed E-state index contributed by atoms with van der Waals surface area (Å²) in [5, 5.41) is 16.7. The monoisotopic (exact) mass is 316 g/mol. The molecule has 0 amide bonds. The number of carboxylic acid groups (broad SMARTS) is 2. The molecule has 0 bridgehead atoms. The van der Waals surface area contributed by atoms with Gasteiger partial charge in [-0.3, -0.25) is 9.59 Å². The standard InChI is InChI=1S/2C6H12O2.3C2H4/c2*1-3-5(4-2)6(7)8;3*1-2/h2*5H,3-4H2,1-2H3,(H,7,8);3*1-2H2. The average molecular weight is 316 g/mol. The molecule has 132 valence electrons. The van der Waals surface area contributed by atoms with Crippen molar-refractivity contribution < 1.29 is 19.8 Å². The Morgan fingerprint density at radius 2 is 0.773 bits per heavy atom. The van der Waals surface area contributed by atoms with Crippen LogP contribution in [0.5, 0.6) is 0 Å². The van der Waals surface area contributed by atoms with Gasteiger partial charge in [0.15, 0.2) is 0 Å². The predicted molar refractivity (Wildman–Crippen MR) is 97.2 cm³/mol. The lowest BCUT2D eigenvalue weighted by Crippen LogP contribution is -2.10. The highest BCUT2D eigenvalue weighted by atomic mass is 16.4. The van der Waals surface area contributed by atoms with E-state index in [9.17, 15) is 9.59 Å². The lowest BCUT2D eigenvalue weighted by atomic mass is 10.1. The van der Waals surface area contributed by atoms with Gasteiger partial charge in [-0.2, -0.15) is 0 Å². The molecule has 4 nitrogen and oxygen atoms in total. The van der Waals surface area contributed by atoms with Gasteiger partial charge in [-0.15, -0.1) is 39.5 Å². The molecule has 0 aromatic heterocycles. The van der Waals surface area contributed by atoms with Gasteiger partial charge in [0, 0.05) is 0 Å². The third-order valence-corrected chi connectivity index (χ3v) is 2.67. The molecule has 2 N–H and O–H groups in total. The van der Waals surface area contributed by atoms with Gasteiger partial charge in [0.1, 0.15) is 0 Å². The first kappa shape index (κ1) is 32.2. The molecule has 0 saturated heterocycles. The smallest absolute Gasteiger partial charge is 0.306 e. The van der Waals surface area contributed by atoms with Crippen LogP contribution in [0.1, 0.15) is 53.4 Å². The summed E-state index contributed by atoms with van der Waals surface area (Å²) in [6, 6.07) is 0. The van der Waals surface area contributed by atoms with Crippen molar-refractivity contribution >= 4 is 11.9 Å². The summed E-state index contributed by atoms with van der Waals surface area (Å²) in [4.78, 5) is 20.3. The van der Waals surface area contributed by atoms with Gasteiger partial charge in [-0.05, 0) is 25.7 Å². The number of hydrogen-bond acceptors (Lipinski definition) is 2. The topological polar surface area (TPSA) is 74.6 Å². The Hall–Kier alpha value is -1.84. The van der Waals surface area contributed by atoms with Gasteiger partial charge in [0.05, 0.1) is 11.8 Å². The molecular formula is C18H36O4. The number of aliphatic carboxylic acids is 2. The van der Waals surface area contributed by atoms with Crippen LogP contribution in [0.4, 0.5) is 0 Å². The van der Waals surface area contributed by atoms with Crippen LogP contribution in [0.25, 0.3) is 0 Å². The van der Waals surface area contributed by atoms with E-state index in [4.69, 9.17) is 10.2 Å². The SMILES string of the molecule is C=C.C=C.C=C.CCC(CC)C(=O)O.CCC(CC)C(=O)O. The van der Waals surface area contributed by atoms with Crippen molar-refractivity contribution in [3.8, 4) is 0 Å². The molecule has 0 saturated carbocycles. The molecule has 0 aliphatic heterocycles. The Morgan fingerprint density at radius 3 is 0.773 bits per heavy atom. The molecule has 0 aliphatic rings. The number of rotatable bonds is 6. The Kier molecular flexibility index (Phi) is 46.1. The summed E-state index contributed by atoms with van der Waals surface area (Å²) in [7, 11) is 0. The summed E-state index contributed by atoms with van der Waals surface area (Å²) in [5.41, 5.74) is 0. The van der Waals surface area contributed by atoms with Crippen molar-refractivity contribution in [1.29, 1.82) is 0 Å². The van der Waals surface area contributed by atoms with Crippen LogP contribution in [0.3, 0.4) is 0 Å². The number of hydrogen-bond donors (Lipinski definition) is 2. The minimum Gasteiger partial charge on any atom is -0.481 e. The quantitative estimate of drug-likeness (QED) is 0.641. The Labute approximate surface area is 137 Å². The maximum absolute atomic E-state index is 10.2. The molecular weight excluding hydrogens is 280 g/mol. The van der Waals surface area contributed by atoms with Crippen molar-refractivity contribution in [2.75, 3.05) is 0 Å². The highest BCUT2D eigenvalue weighted by molar-refractivity contribution is 5.70. The zero-order valence-corrected chi connectivity index (χ0v) is 14.9. The summed E-state index contributed by atoms with van der Waals surface area (Å²) < 4.78 is 0. The first-order valence-electron chi connectivity index (χ1n) is 7.39. The van der Waals surface area contributed by atoms with Crippen LogP contribution in [-0.2, 0) is 9.59 Å². The highest BCUT2D eigenvalue weighted by Crippen LogP contribution is 2.06. The van der Waals surface area contributed by atoms with E-state index in [1.165, 1.54) is 0 Å². The zero-order chi connectivity index (χ0) is 19.1. The lowest BCUT2D eigenvalue weighted by molar-refractivity contribution is -0.142. The van der Waals surface area contributed by atoms with E-state index in [0.717, 1.165) is 25.7 Å². The fourth-order valence-electron chi connectivity index (χ4n) is 1.28. The van der Waals surface area contributed by atoms with Crippen molar-refractivity contribution in [2.45, 2.75) is 53.4 Å². The van der Waals surface area contributed by atoms with E-state index in [-0.39, 0.29) is 11.8 Å². The molecule has 0 aromatic carbocycles. The highest BCUT2D eigenvalue weighted by Gasteiger charge is 2.10. The summed E-state index contributed by atoms with van der Waals surface area (Å²) >= 11 is 0. The second-order valence-electron chi connectivity index (χ2n) is 3.70. The van der Waals surface area contributed by atoms with Crippen LogP contribution in [0.2, 0.25) is 0 Å². The van der Waals surface area contributed by atoms with Crippen LogP contribution in [0, 0.1) is 11.8 Å². The summed E-state index contributed by atoms with van der Waals surface area (Å²) in [6.45, 7) is 25.6. The maximum atomic E-state index is 10.2. The normalized spacial score (nSPS) is 7.73. The van der Waals surface area contributed by atoms with E-state index in [1.807, 2.05) is 27.7 Å². The van der Waals surface area contributed by atoms with Gasteiger partial charge >= 0.3 is 11.9 Å². The second-order valence-corrected chi connectivity index (χ2v) is 3.70. The van der Waals surface area contributed by atoms with E-state index >= 15 is 0 Å². The fourth-order valence-corrected chi connectivity index (χ4v) is 1.28. The van der Waals surface area contributed by atoms with Crippen LogP contribution >= 0.6 is 0 Å². The maximum Gasteiger partial charge on any atom is 0.306 e. The second kappa shape index (κ2) is 31.5. The Balaban J connectivity index is -0.0000000652. The molecule has 0 aromatic rings. The molecule has 0 heterocycles. The molecule has 0 atom stereocenters. The van der Waals surface area contributed by atoms with E-state index < -0.39 is 11.9 Å². The molecule has 0 spiro atoms. The largest absolute Gasteiger partial charge is 0.481 e. The minimum absolute atomic E-state index is 0.130. The van der Waals surface area contributed by atoms with Crippen LogP contribution in [0.15, 0.2) is 39.5 Å². The van der Waals surface area contributed by atoms with Crippen LogP contribution < -0.4 is 0 Å². The van der Waals surface area contributed by atoms with Gasteiger partial charge in [-0.25, -0.2) is 0 Å². The average Bonchev–Trinajstić information content (AvgIpc) is 2.55. The summed E-state index contributed by atoms with van der Waals surface area (Å²) in [5.74, 6) is -1.60. The van der Waals surface area contributed by atoms with Crippen molar-refractivity contribution in [3.63, 3.8) is 0 Å². The van der Waals surface area contributed by atoms with Gasteiger partial charge in [-0.1, -0.05) is 27.7 Å². The van der Waals surface area contributed by atoms with E-state index in [0.29, 0.717) is 0 Å². The van der Waals surface area contributed by atoms with Crippen LogP contribution in [-0.4, -0.2) is 22.2 Å². The summed E-state index contributed by atoms with van der Waals surface area (Å²) in [6.07, 6.45) is 2.97. The zero-order valence-electron chi connectivity index (χ0n) is 14.9. The van der Waals surface area contributed by atoms with E-state index in [2.05, 4.69) is 39.5 Å². The predicted octanol–water partition coefficient (Wildman–Crippen LogP) is 5.42. The number of carbonyl (C=O) groups is 2. The number of carboxylic acids is 2. The molecule has 4 heteroatoms. The molecule has 0 aliphatic carbocycles. The van der Waals surface area contributed by atoms with Gasteiger partial charge < -0.3 is 10.2 Å². The van der Waals surface area contributed by atoms with Gasteiger partial charge in [0.25, 0.3) is 0 Å². The fraction of sp³-hybridized carbons (Fsp3) is 0.556. The van der Waals surface area contributed by atoms with Gasteiger partial charge in [0.2, 0.25) is 0 Å². The molecule has 0 unspecified atom stereocenters. The van der Waals surface area contributed by atoms with Crippen molar-refractivity contribution in [2.24, 2.45) is 11.8 Å². The molecule has 22 heavy (non-hydrogen) atoms.